The van der Waals surface area contributed by atoms with Gasteiger partial charge in [0.15, 0.2) is 0 Å². The van der Waals surface area contributed by atoms with Gasteiger partial charge in [-0.1, -0.05) is 19.3 Å². The highest BCUT2D eigenvalue weighted by Gasteiger charge is 2.38. The number of nitrogens with zero attached hydrogens (tertiary/aromatic N) is 2. The predicted octanol–water partition coefficient (Wildman–Crippen LogP) is 3.04. The van der Waals surface area contributed by atoms with Gasteiger partial charge in [0, 0.05) is 43.0 Å². The predicted molar refractivity (Wildman–Crippen MR) is 89.8 cm³/mol. The molecule has 1 N–H and O–H groups in total. The minimum atomic E-state index is -0.361. The Balaban J connectivity index is 1.67. The first-order valence-corrected chi connectivity index (χ1v) is 8.51. The summed E-state index contributed by atoms with van der Waals surface area (Å²) in [6.07, 6.45) is 6.31. The molecular formula is C17H25N3O3. The van der Waals surface area contributed by atoms with Crippen molar-refractivity contribution in [2.24, 2.45) is 0 Å². The molecule has 126 valence electrons. The van der Waals surface area contributed by atoms with Gasteiger partial charge in [-0.25, -0.2) is 0 Å². The standard InChI is InChI=1S/C17H25N3O3/c21-20(22)16-6-4-15(5-7-16)18-14-17(8-2-1-3-9-17)19-10-12-23-13-11-19/h4-7,18H,1-3,8-14H2. The van der Waals surface area contributed by atoms with E-state index in [2.05, 4.69) is 10.2 Å². The van der Waals surface area contributed by atoms with Gasteiger partial charge in [0.05, 0.1) is 18.1 Å². The number of hydrogen-bond acceptors (Lipinski definition) is 5. The number of nitrogens with one attached hydrogen (secondary N) is 1. The molecule has 0 radical (unpaired) electrons. The average molecular weight is 319 g/mol. The van der Waals surface area contributed by atoms with Crippen LogP contribution in [0.15, 0.2) is 24.3 Å². The van der Waals surface area contributed by atoms with Crippen LogP contribution in [0.1, 0.15) is 32.1 Å². The Kier molecular flexibility index (Phi) is 5.13. The lowest BCUT2D eigenvalue weighted by atomic mass is 9.79. The molecule has 1 aliphatic carbocycles. The third-order valence-corrected chi connectivity index (χ3v) is 5.17. The zero-order valence-electron chi connectivity index (χ0n) is 13.5. The van der Waals surface area contributed by atoms with Gasteiger partial charge >= 0.3 is 0 Å². The molecule has 0 atom stereocenters. The number of nitro groups is 1. The summed E-state index contributed by atoms with van der Waals surface area (Å²) in [6.45, 7) is 4.53. The second-order valence-corrected chi connectivity index (χ2v) is 6.54. The molecule has 1 aromatic carbocycles. The monoisotopic (exact) mass is 319 g/mol. The van der Waals surface area contributed by atoms with Crippen LogP contribution in [0.3, 0.4) is 0 Å². The molecule has 0 unspecified atom stereocenters. The molecular weight excluding hydrogens is 294 g/mol. The topological polar surface area (TPSA) is 67.6 Å². The molecule has 1 aliphatic heterocycles. The van der Waals surface area contributed by atoms with Crippen molar-refractivity contribution in [3.05, 3.63) is 34.4 Å². The Morgan fingerprint density at radius 3 is 2.39 bits per heavy atom. The summed E-state index contributed by atoms with van der Waals surface area (Å²) in [7, 11) is 0. The number of rotatable bonds is 5. The third kappa shape index (κ3) is 3.82. The van der Waals surface area contributed by atoms with Crippen molar-refractivity contribution >= 4 is 11.4 Å². The third-order valence-electron chi connectivity index (χ3n) is 5.17. The van der Waals surface area contributed by atoms with E-state index in [-0.39, 0.29) is 16.1 Å². The Hall–Kier alpha value is -1.66. The van der Waals surface area contributed by atoms with E-state index in [0.717, 1.165) is 38.5 Å². The molecule has 0 aromatic heterocycles. The molecule has 0 bridgehead atoms. The maximum atomic E-state index is 10.7. The lowest BCUT2D eigenvalue weighted by Crippen LogP contribution is -2.57. The van der Waals surface area contributed by atoms with Crippen LogP contribution in [0.2, 0.25) is 0 Å². The zero-order chi connectivity index (χ0) is 16.1. The largest absolute Gasteiger partial charge is 0.383 e. The van der Waals surface area contributed by atoms with Gasteiger partial charge in [0.25, 0.3) is 5.69 Å². The van der Waals surface area contributed by atoms with E-state index in [0.29, 0.717) is 0 Å². The maximum absolute atomic E-state index is 10.7. The number of anilines is 1. The molecule has 1 heterocycles. The van der Waals surface area contributed by atoms with E-state index in [1.165, 1.54) is 32.1 Å². The fourth-order valence-electron chi connectivity index (χ4n) is 3.82. The highest BCUT2D eigenvalue weighted by atomic mass is 16.6. The van der Waals surface area contributed by atoms with E-state index < -0.39 is 0 Å². The van der Waals surface area contributed by atoms with Gasteiger partial charge in [0.2, 0.25) is 0 Å². The second-order valence-electron chi connectivity index (χ2n) is 6.54. The van der Waals surface area contributed by atoms with Gasteiger partial charge in [-0.05, 0) is 25.0 Å². The fraction of sp³-hybridized carbons (Fsp3) is 0.647. The van der Waals surface area contributed by atoms with Crippen molar-refractivity contribution in [2.75, 3.05) is 38.2 Å². The van der Waals surface area contributed by atoms with Crippen LogP contribution in [-0.4, -0.2) is 48.2 Å². The lowest BCUT2D eigenvalue weighted by Gasteiger charge is -2.48. The first-order chi connectivity index (χ1) is 11.2. The summed E-state index contributed by atoms with van der Waals surface area (Å²) in [4.78, 5) is 13.0. The Morgan fingerprint density at radius 1 is 1.13 bits per heavy atom. The van der Waals surface area contributed by atoms with Gasteiger partial charge in [-0.2, -0.15) is 0 Å². The molecule has 2 fully saturated rings. The quantitative estimate of drug-likeness (QED) is 0.667. The summed E-state index contributed by atoms with van der Waals surface area (Å²) in [5.41, 5.74) is 1.29. The first-order valence-electron chi connectivity index (χ1n) is 8.51. The van der Waals surface area contributed by atoms with Crippen LogP contribution in [0, 0.1) is 10.1 Å². The van der Waals surface area contributed by atoms with Crippen LogP contribution < -0.4 is 5.32 Å². The van der Waals surface area contributed by atoms with E-state index in [4.69, 9.17) is 4.74 Å². The summed E-state index contributed by atoms with van der Waals surface area (Å²) in [5, 5.41) is 14.3. The highest BCUT2D eigenvalue weighted by molar-refractivity contribution is 5.48. The summed E-state index contributed by atoms with van der Waals surface area (Å²) < 4.78 is 5.51. The Bertz CT molecular complexity index is 520. The molecule has 1 saturated carbocycles. The maximum Gasteiger partial charge on any atom is 0.269 e. The summed E-state index contributed by atoms with van der Waals surface area (Å²) >= 11 is 0. The molecule has 2 aliphatic rings. The van der Waals surface area contributed by atoms with Gasteiger partial charge in [-0.15, -0.1) is 0 Å². The second kappa shape index (κ2) is 7.27. The number of morpholine rings is 1. The Morgan fingerprint density at radius 2 is 1.78 bits per heavy atom. The van der Waals surface area contributed by atoms with E-state index in [9.17, 15) is 10.1 Å². The normalized spacial score (nSPS) is 21.7. The van der Waals surface area contributed by atoms with E-state index in [1.54, 1.807) is 24.3 Å². The molecule has 6 heteroatoms. The molecule has 6 nitrogen and oxygen atoms in total. The number of hydrogen-bond donors (Lipinski definition) is 1. The lowest BCUT2D eigenvalue weighted by molar-refractivity contribution is -0.384. The minimum absolute atomic E-state index is 0.135. The van der Waals surface area contributed by atoms with Gasteiger partial charge in [0.1, 0.15) is 0 Å². The fourth-order valence-corrected chi connectivity index (χ4v) is 3.82. The van der Waals surface area contributed by atoms with Crippen molar-refractivity contribution in [1.82, 2.24) is 4.90 Å². The van der Waals surface area contributed by atoms with Crippen molar-refractivity contribution < 1.29 is 9.66 Å². The van der Waals surface area contributed by atoms with Crippen LogP contribution in [-0.2, 0) is 4.74 Å². The number of non-ortho nitro benzene ring substituents is 1. The smallest absolute Gasteiger partial charge is 0.269 e. The molecule has 3 rings (SSSR count). The zero-order valence-corrected chi connectivity index (χ0v) is 13.5. The van der Waals surface area contributed by atoms with Crippen LogP contribution in [0.5, 0.6) is 0 Å². The van der Waals surface area contributed by atoms with Crippen molar-refractivity contribution in [1.29, 1.82) is 0 Å². The van der Waals surface area contributed by atoms with Gasteiger partial charge in [-0.3, -0.25) is 15.0 Å². The number of nitro benzene ring substituents is 1. The molecule has 23 heavy (non-hydrogen) atoms. The summed E-state index contributed by atoms with van der Waals surface area (Å²) in [5.74, 6) is 0. The average Bonchev–Trinajstić information content (AvgIpc) is 2.62. The van der Waals surface area contributed by atoms with Crippen LogP contribution >= 0.6 is 0 Å². The Labute approximate surface area is 137 Å². The molecule has 1 saturated heterocycles. The molecule has 0 amide bonds. The summed E-state index contributed by atoms with van der Waals surface area (Å²) in [6, 6.07) is 6.72. The van der Waals surface area contributed by atoms with Crippen LogP contribution in [0.4, 0.5) is 11.4 Å². The highest BCUT2D eigenvalue weighted by Crippen LogP contribution is 2.34. The van der Waals surface area contributed by atoms with Gasteiger partial charge < -0.3 is 10.1 Å². The SMILES string of the molecule is O=[N+]([O-])c1ccc(NCC2(N3CCOCC3)CCCCC2)cc1. The molecule has 1 aromatic rings. The number of ether oxygens (including phenoxy) is 1. The van der Waals surface area contributed by atoms with Crippen molar-refractivity contribution in [2.45, 2.75) is 37.6 Å². The van der Waals surface area contributed by atoms with E-state index >= 15 is 0 Å². The molecule has 0 spiro atoms. The van der Waals surface area contributed by atoms with Crippen LogP contribution in [0.25, 0.3) is 0 Å². The first kappa shape index (κ1) is 16.2. The van der Waals surface area contributed by atoms with Crippen molar-refractivity contribution in [3.8, 4) is 0 Å². The minimum Gasteiger partial charge on any atom is -0.383 e. The number of benzene rings is 1. The van der Waals surface area contributed by atoms with Crippen molar-refractivity contribution in [3.63, 3.8) is 0 Å². The van der Waals surface area contributed by atoms with E-state index in [1.807, 2.05) is 0 Å².